The Morgan fingerprint density at radius 1 is 0.886 bits per heavy atom. The second-order valence-corrected chi connectivity index (χ2v) is 16.7. The molecule has 44 heavy (non-hydrogen) atoms. The van der Waals surface area contributed by atoms with Gasteiger partial charge in [0.25, 0.3) is 8.32 Å². The van der Waals surface area contributed by atoms with E-state index in [1.807, 2.05) is 25.4 Å². The fourth-order valence-electron chi connectivity index (χ4n) is 6.49. The molecule has 5 aromatic rings. The van der Waals surface area contributed by atoms with E-state index in [0.717, 1.165) is 30.5 Å². The number of benzene rings is 3. The number of fused-ring (bicyclic) bond motifs is 1. The summed E-state index contributed by atoms with van der Waals surface area (Å²) in [5, 5.41) is 3.70. The number of hydrogen-bond donors (Lipinski definition) is 0. The first-order valence-corrected chi connectivity index (χ1v) is 17.6. The first-order valence-electron chi connectivity index (χ1n) is 15.7. The molecular weight excluding hydrogens is 561 g/mol. The minimum Gasteiger partial charge on any atom is -0.466 e. The van der Waals surface area contributed by atoms with Crippen LogP contribution >= 0.6 is 0 Å². The Balaban J connectivity index is 1.51. The van der Waals surface area contributed by atoms with Gasteiger partial charge in [0.1, 0.15) is 0 Å². The van der Waals surface area contributed by atoms with Crippen molar-refractivity contribution in [3.05, 3.63) is 115 Å². The molecule has 0 N–H and O–H groups in total. The van der Waals surface area contributed by atoms with Crippen LogP contribution in [-0.4, -0.2) is 30.4 Å². The van der Waals surface area contributed by atoms with Gasteiger partial charge in [0.2, 0.25) is 0 Å². The molecule has 0 aliphatic heterocycles. The van der Waals surface area contributed by atoms with Crippen molar-refractivity contribution in [1.29, 1.82) is 0 Å². The molecule has 2 heterocycles. The lowest BCUT2D eigenvalue weighted by Crippen LogP contribution is -2.66. The molecule has 5 rings (SSSR count). The van der Waals surface area contributed by atoms with Crippen molar-refractivity contribution < 1.29 is 14.0 Å². The molecule has 0 amide bonds. The number of carbonyl (C=O) groups is 1. The van der Waals surface area contributed by atoms with Gasteiger partial charge in [-0.25, -0.2) is 0 Å². The lowest BCUT2D eigenvalue weighted by molar-refractivity contribution is -0.143. The average Bonchev–Trinajstić information content (AvgIpc) is 3.31. The van der Waals surface area contributed by atoms with Crippen LogP contribution < -0.4 is 10.4 Å². The van der Waals surface area contributed by atoms with Gasteiger partial charge in [-0.2, -0.15) is 0 Å². The van der Waals surface area contributed by atoms with Crippen molar-refractivity contribution >= 4 is 35.6 Å². The van der Waals surface area contributed by atoms with E-state index in [2.05, 4.69) is 122 Å². The van der Waals surface area contributed by atoms with Crippen LogP contribution in [0.2, 0.25) is 5.04 Å². The van der Waals surface area contributed by atoms with E-state index < -0.39 is 8.32 Å². The highest BCUT2D eigenvalue weighted by atomic mass is 28.4. The summed E-state index contributed by atoms with van der Waals surface area (Å²) in [7, 11) is -2.66. The number of unbranched alkanes of at least 4 members (excludes halogenated alkanes) is 1. The van der Waals surface area contributed by atoms with Crippen LogP contribution in [0.25, 0.3) is 22.2 Å². The Hall–Kier alpha value is -4.00. The summed E-state index contributed by atoms with van der Waals surface area (Å²) in [4.78, 5) is 16.3. The zero-order valence-corrected chi connectivity index (χ0v) is 27.7. The summed E-state index contributed by atoms with van der Waals surface area (Å²) < 4.78 is 14.8. The average molecular weight is 605 g/mol. The van der Waals surface area contributed by atoms with Crippen LogP contribution in [0, 0.1) is 6.92 Å². The van der Waals surface area contributed by atoms with Crippen molar-refractivity contribution in [2.24, 2.45) is 0 Å². The van der Waals surface area contributed by atoms with Gasteiger partial charge in [-0.15, -0.1) is 0 Å². The Morgan fingerprint density at radius 3 is 2.16 bits per heavy atom. The molecule has 0 atom stereocenters. The number of pyridine rings is 1. The molecule has 2 aromatic heterocycles. The van der Waals surface area contributed by atoms with Gasteiger partial charge in [-0.1, -0.05) is 87.5 Å². The summed E-state index contributed by atoms with van der Waals surface area (Å²) in [5.74, 6) is -0.126. The highest BCUT2D eigenvalue weighted by molar-refractivity contribution is 6.99. The van der Waals surface area contributed by atoms with Gasteiger partial charge in [-0.05, 0) is 77.5 Å². The van der Waals surface area contributed by atoms with Gasteiger partial charge in [0.05, 0.1) is 18.9 Å². The smallest absolute Gasteiger partial charge is 0.305 e. The molecule has 0 aliphatic rings. The van der Waals surface area contributed by atoms with Gasteiger partial charge in [0, 0.05) is 41.8 Å². The van der Waals surface area contributed by atoms with E-state index in [9.17, 15) is 4.79 Å². The molecule has 0 bridgehead atoms. The van der Waals surface area contributed by atoms with E-state index in [4.69, 9.17) is 9.16 Å². The predicted octanol–water partition coefficient (Wildman–Crippen LogP) is 7.82. The molecular formula is C38H44N2O3Si. The summed E-state index contributed by atoms with van der Waals surface area (Å²) in [5.41, 5.74) is 5.84. The van der Waals surface area contributed by atoms with Crippen LogP contribution in [0.4, 0.5) is 0 Å². The van der Waals surface area contributed by atoms with E-state index in [1.165, 1.54) is 32.5 Å². The molecule has 0 unspecified atom stereocenters. The van der Waals surface area contributed by atoms with Gasteiger partial charge in [-0.3, -0.25) is 9.78 Å². The molecule has 0 saturated carbocycles. The lowest BCUT2D eigenvalue weighted by atomic mass is 10.1. The molecule has 0 spiro atoms. The Kier molecular flexibility index (Phi) is 9.82. The normalized spacial score (nSPS) is 12.0. The highest BCUT2D eigenvalue weighted by Crippen LogP contribution is 2.38. The maximum Gasteiger partial charge on any atom is 0.305 e. The molecule has 3 aromatic carbocycles. The van der Waals surface area contributed by atoms with Crippen molar-refractivity contribution in [1.82, 2.24) is 9.55 Å². The number of ether oxygens (including phenoxy) is 1. The summed E-state index contributed by atoms with van der Waals surface area (Å²) in [6.07, 6.45) is 5.86. The molecule has 0 saturated heterocycles. The number of hydrogen-bond acceptors (Lipinski definition) is 4. The zero-order chi connectivity index (χ0) is 31.2. The molecule has 6 heteroatoms. The fourth-order valence-corrected chi connectivity index (χ4v) is 11.0. The van der Waals surface area contributed by atoms with Crippen molar-refractivity contribution in [3.63, 3.8) is 0 Å². The van der Waals surface area contributed by atoms with Gasteiger partial charge in [0.15, 0.2) is 0 Å². The standard InChI is InChI=1S/C38H44N2O3Si/c1-6-42-36(41)21-13-14-25-40-35-23-22-30(26-34(35)29(2)37(40)31-16-15-24-39-27-31)28-43-44(38(3,4)5,32-17-9-7-10-18-32)33-19-11-8-12-20-33/h7-12,15-20,22-24,26-27H,6,13-14,21,25,28H2,1-5H3. The number of aryl methyl sites for hydroxylation is 2. The van der Waals surface area contributed by atoms with E-state index in [-0.39, 0.29) is 11.0 Å². The monoisotopic (exact) mass is 604 g/mol. The van der Waals surface area contributed by atoms with Crippen molar-refractivity contribution in [2.45, 2.75) is 72.1 Å². The third kappa shape index (κ3) is 6.42. The molecule has 0 aliphatic carbocycles. The topological polar surface area (TPSA) is 53.4 Å². The third-order valence-corrected chi connectivity index (χ3v) is 13.5. The van der Waals surface area contributed by atoms with Gasteiger partial charge < -0.3 is 13.7 Å². The SMILES string of the molecule is CCOC(=O)CCCCn1c(-c2cccnc2)c(C)c2cc(CO[Si](c3ccccc3)(c3ccccc3)C(C)(C)C)ccc21. The number of nitrogens with zero attached hydrogens (tertiary/aromatic N) is 2. The second kappa shape index (κ2) is 13.7. The molecule has 0 fully saturated rings. The van der Waals surface area contributed by atoms with Crippen LogP contribution in [0.15, 0.2) is 103 Å². The lowest BCUT2D eigenvalue weighted by Gasteiger charge is -2.43. The van der Waals surface area contributed by atoms with Gasteiger partial charge >= 0.3 is 5.97 Å². The number of rotatable bonds is 12. The van der Waals surface area contributed by atoms with Crippen molar-refractivity contribution in [3.8, 4) is 11.3 Å². The summed E-state index contributed by atoms with van der Waals surface area (Å²) in [6.45, 7) is 12.8. The van der Waals surface area contributed by atoms with Crippen LogP contribution in [-0.2, 0) is 27.1 Å². The second-order valence-electron chi connectivity index (χ2n) is 12.4. The van der Waals surface area contributed by atoms with Crippen LogP contribution in [0.5, 0.6) is 0 Å². The predicted molar refractivity (Wildman–Crippen MR) is 183 cm³/mol. The van der Waals surface area contributed by atoms with E-state index >= 15 is 0 Å². The minimum absolute atomic E-state index is 0.0872. The minimum atomic E-state index is -2.66. The first kappa shape index (κ1) is 31.4. The molecule has 228 valence electrons. The number of esters is 1. The molecule has 5 nitrogen and oxygen atoms in total. The van der Waals surface area contributed by atoms with Crippen LogP contribution in [0.3, 0.4) is 0 Å². The third-order valence-electron chi connectivity index (χ3n) is 8.51. The quantitative estimate of drug-likeness (QED) is 0.0828. The maximum atomic E-state index is 11.9. The van der Waals surface area contributed by atoms with Crippen molar-refractivity contribution in [2.75, 3.05) is 6.61 Å². The number of aromatic nitrogens is 2. The maximum absolute atomic E-state index is 11.9. The van der Waals surface area contributed by atoms with E-state index in [0.29, 0.717) is 19.6 Å². The largest absolute Gasteiger partial charge is 0.466 e. The first-order chi connectivity index (χ1) is 21.3. The van der Waals surface area contributed by atoms with E-state index in [1.54, 1.807) is 0 Å². The highest BCUT2D eigenvalue weighted by Gasteiger charge is 2.50. The zero-order valence-electron chi connectivity index (χ0n) is 26.7. The fraction of sp³-hybridized carbons (Fsp3) is 0.316. The summed E-state index contributed by atoms with van der Waals surface area (Å²) >= 11 is 0. The Bertz CT molecular complexity index is 1640. The Labute approximate surface area is 263 Å². The summed E-state index contributed by atoms with van der Waals surface area (Å²) in [6, 6.07) is 32.5. The molecule has 0 radical (unpaired) electrons. The Morgan fingerprint density at radius 2 is 1.57 bits per heavy atom. The number of carbonyl (C=O) groups excluding carboxylic acids is 1. The van der Waals surface area contributed by atoms with Crippen LogP contribution in [0.1, 0.15) is 58.1 Å².